The lowest BCUT2D eigenvalue weighted by atomic mass is 10.1. The highest BCUT2D eigenvalue weighted by Crippen LogP contribution is 2.26. The van der Waals surface area contributed by atoms with Crippen molar-refractivity contribution >= 4 is 28.2 Å². The van der Waals surface area contributed by atoms with E-state index in [0.717, 1.165) is 28.8 Å². The van der Waals surface area contributed by atoms with Crippen LogP contribution in [0.25, 0.3) is 10.9 Å². The summed E-state index contributed by atoms with van der Waals surface area (Å²) in [6.07, 6.45) is 0.959. The first-order valence-corrected chi connectivity index (χ1v) is 6.90. The number of fused-ring (bicyclic) bond motifs is 1. The molecule has 0 fully saturated rings. The smallest absolute Gasteiger partial charge is 0.249 e. The number of hydrogen-bond donors (Lipinski definition) is 1. The fourth-order valence-electron chi connectivity index (χ4n) is 2.17. The van der Waals surface area contributed by atoms with E-state index in [9.17, 15) is 0 Å². The Morgan fingerprint density at radius 2 is 1.95 bits per heavy atom. The van der Waals surface area contributed by atoms with Crippen LogP contribution in [0.4, 0.5) is 11.5 Å². The van der Waals surface area contributed by atoms with Crippen molar-refractivity contribution in [3.63, 3.8) is 0 Å². The summed E-state index contributed by atoms with van der Waals surface area (Å²) in [4.78, 5) is 6.70. The van der Waals surface area contributed by atoms with Crippen LogP contribution in [0.1, 0.15) is 13.3 Å². The van der Waals surface area contributed by atoms with Crippen LogP contribution in [0, 0.1) is 0 Å². The summed E-state index contributed by atoms with van der Waals surface area (Å²) in [5.74, 6) is 2.14. The first-order chi connectivity index (χ1) is 9.52. The van der Waals surface area contributed by atoms with Gasteiger partial charge in [0.2, 0.25) is 5.84 Å². The number of aromatic nitrogens is 1. The molecule has 0 aliphatic heterocycles. The molecule has 20 heavy (non-hydrogen) atoms. The van der Waals surface area contributed by atoms with Crippen molar-refractivity contribution in [1.29, 1.82) is 0 Å². The number of rotatable bonds is 3. The minimum atomic E-state index is 0.959. The third-order valence-electron chi connectivity index (χ3n) is 3.31. The van der Waals surface area contributed by atoms with Crippen LogP contribution in [-0.4, -0.2) is 43.6 Å². The quantitative estimate of drug-likeness (QED) is 0.529. The van der Waals surface area contributed by atoms with Crippen LogP contribution in [0.3, 0.4) is 0 Å². The topological polar surface area (TPSA) is 31.2 Å². The molecule has 0 spiro atoms. The zero-order valence-corrected chi connectivity index (χ0v) is 12.9. The molecule has 1 N–H and O–H groups in total. The number of hydrogen-bond acceptors (Lipinski definition) is 2. The maximum atomic E-state index is 4.68. The summed E-state index contributed by atoms with van der Waals surface area (Å²) in [6.45, 7) is 2.15. The monoisotopic (exact) mass is 271 g/mol. The van der Waals surface area contributed by atoms with Gasteiger partial charge in [0.25, 0.3) is 0 Å². The molecule has 0 bridgehead atoms. The lowest BCUT2D eigenvalue weighted by Crippen LogP contribution is -2.22. The fraction of sp³-hybridized carbons (Fsp3) is 0.375. The molecule has 0 saturated heterocycles. The molecule has 1 aromatic heterocycles. The predicted octanol–water partition coefficient (Wildman–Crippen LogP) is 2.79. The zero-order chi connectivity index (χ0) is 14.7. The van der Waals surface area contributed by atoms with Gasteiger partial charge in [-0.25, -0.2) is 10.3 Å². The molecule has 0 radical (unpaired) electrons. The summed E-state index contributed by atoms with van der Waals surface area (Å²) in [5, 5.41) is 4.69. The Morgan fingerprint density at radius 3 is 2.55 bits per heavy atom. The summed E-state index contributed by atoms with van der Waals surface area (Å²) < 4.78 is 2.12. The first-order valence-electron chi connectivity index (χ1n) is 6.90. The standard InChI is InChI=1S/C16H22N4/c1-6-15(19(2)3)18-14-11-16(20(4)5)17-13-10-8-7-9-12(13)14/h7-11H,6H2,1-5H3/p+1. The molecule has 2 aromatic rings. The van der Waals surface area contributed by atoms with Crippen molar-refractivity contribution < 1.29 is 4.58 Å². The molecule has 0 aliphatic carbocycles. The molecule has 4 nitrogen and oxygen atoms in total. The largest absolute Gasteiger partial charge is 0.363 e. The van der Waals surface area contributed by atoms with Gasteiger partial charge in [-0.3, -0.25) is 4.58 Å². The molecule has 0 saturated carbocycles. The molecule has 1 heterocycles. The van der Waals surface area contributed by atoms with Gasteiger partial charge in [-0.05, 0) is 12.1 Å². The number of amidine groups is 1. The van der Waals surface area contributed by atoms with E-state index in [1.165, 1.54) is 5.84 Å². The highest BCUT2D eigenvalue weighted by atomic mass is 15.1. The van der Waals surface area contributed by atoms with Crippen LogP contribution in [0.15, 0.2) is 30.3 Å². The Bertz CT molecular complexity index is 640. The Balaban J connectivity index is 2.58. The number of benzene rings is 1. The Kier molecular flexibility index (Phi) is 4.23. The second kappa shape index (κ2) is 5.90. The van der Waals surface area contributed by atoms with E-state index < -0.39 is 0 Å². The van der Waals surface area contributed by atoms with Crippen LogP contribution in [-0.2, 0) is 0 Å². The van der Waals surface area contributed by atoms with Gasteiger partial charge in [-0.15, -0.1) is 0 Å². The van der Waals surface area contributed by atoms with Crippen LogP contribution >= 0.6 is 0 Å². The zero-order valence-electron chi connectivity index (χ0n) is 12.9. The van der Waals surface area contributed by atoms with Gasteiger partial charge in [0.15, 0.2) is 0 Å². The van der Waals surface area contributed by atoms with E-state index in [4.69, 9.17) is 0 Å². The Hall–Kier alpha value is -2.10. The lowest BCUT2D eigenvalue weighted by Gasteiger charge is -2.14. The molecule has 0 amide bonds. The summed E-state index contributed by atoms with van der Waals surface area (Å²) in [6, 6.07) is 10.3. The van der Waals surface area contributed by atoms with E-state index in [-0.39, 0.29) is 0 Å². The molecule has 1 aromatic carbocycles. The second-order valence-electron chi connectivity index (χ2n) is 5.26. The van der Waals surface area contributed by atoms with Crippen molar-refractivity contribution in [3.05, 3.63) is 30.3 Å². The van der Waals surface area contributed by atoms with Gasteiger partial charge in [0, 0.05) is 32.0 Å². The van der Waals surface area contributed by atoms with E-state index in [1.807, 2.05) is 31.1 Å². The molecule has 106 valence electrons. The van der Waals surface area contributed by atoms with Gasteiger partial charge in [-0.1, -0.05) is 19.1 Å². The van der Waals surface area contributed by atoms with E-state index in [2.05, 4.69) is 54.1 Å². The van der Waals surface area contributed by atoms with Gasteiger partial charge in [0.1, 0.15) is 11.5 Å². The SMILES string of the molecule is CCC(Nc1cc(N(C)C)nc2ccccc12)=[N+](C)C. The highest BCUT2D eigenvalue weighted by molar-refractivity contribution is 6.02. The first kappa shape index (κ1) is 14.3. The molecule has 0 unspecified atom stereocenters. The summed E-state index contributed by atoms with van der Waals surface area (Å²) in [5.41, 5.74) is 2.11. The minimum Gasteiger partial charge on any atom is -0.363 e. The van der Waals surface area contributed by atoms with E-state index >= 15 is 0 Å². The summed E-state index contributed by atoms with van der Waals surface area (Å²) in [7, 11) is 8.14. The van der Waals surface area contributed by atoms with Gasteiger partial charge < -0.3 is 4.90 Å². The fourth-order valence-corrected chi connectivity index (χ4v) is 2.17. The van der Waals surface area contributed by atoms with Crippen molar-refractivity contribution in [2.45, 2.75) is 13.3 Å². The van der Waals surface area contributed by atoms with Gasteiger partial charge in [-0.2, -0.15) is 0 Å². The Labute approximate surface area is 120 Å². The predicted molar refractivity (Wildman–Crippen MR) is 87.1 cm³/mol. The third-order valence-corrected chi connectivity index (χ3v) is 3.31. The van der Waals surface area contributed by atoms with Crippen LogP contribution < -0.4 is 10.2 Å². The third kappa shape index (κ3) is 2.90. The van der Waals surface area contributed by atoms with Gasteiger partial charge >= 0.3 is 0 Å². The number of nitrogens with one attached hydrogen (secondary N) is 1. The molecular weight excluding hydrogens is 248 g/mol. The van der Waals surface area contributed by atoms with Crippen LogP contribution in [0.5, 0.6) is 0 Å². The normalized spacial score (nSPS) is 10.4. The van der Waals surface area contributed by atoms with Crippen molar-refractivity contribution in [2.24, 2.45) is 0 Å². The average Bonchev–Trinajstić information content (AvgIpc) is 2.43. The second-order valence-corrected chi connectivity index (χ2v) is 5.26. The van der Waals surface area contributed by atoms with Crippen LogP contribution in [0.2, 0.25) is 0 Å². The number of nitrogens with zero attached hydrogens (tertiary/aromatic N) is 3. The van der Waals surface area contributed by atoms with Crippen molar-refractivity contribution in [2.75, 3.05) is 38.4 Å². The maximum Gasteiger partial charge on any atom is 0.249 e. The molecule has 4 heteroatoms. The number of para-hydroxylation sites is 1. The van der Waals surface area contributed by atoms with Crippen molar-refractivity contribution in [3.8, 4) is 0 Å². The number of pyridine rings is 1. The van der Waals surface area contributed by atoms with E-state index in [0.29, 0.717) is 0 Å². The molecule has 0 atom stereocenters. The highest BCUT2D eigenvalue weighted by Gasteiger charge is 2.13. The maximum absolute atomic E-state index is 4.68. The lowest BCUT2D eigenvalue weighted by molar-refractivity contribution is -0.465. The van der Waals surface area contributed by atoms with Gasteiger partial charge in [0.05, 0.1) is 19.6 Å². The molecular formula is C16H23N4+. The van der Waals surface area contributed by atoms with E-state index in [1.54, 1.807) is 0 Å². The molecule has 0 aliphatic rings. The summed E-state index contributed by atoms with van der Waals surface area (Å²) >= 11 is 0. The number of anilines is 2. The van der Waals surface area contributed by atoms with Crippen molar-refractivity contribution in [1.82, 2.24) is 4.98 Å². The Morgan fingerprint density at radius 1 is 1.25 bits per heavy atom. The minimum absolute atomic E-state index is 0.959. The molecule has 2 rings (SSSR count). The average molecular weight is 271 g/mol.